The molecule has 0 radical (unpaired) electrons. The van der Waals surface area contributed by atoms with Crippen LogP contribution in [-0.2, 0) is 0 Å². The molecule has 2 N–H and O–H groups in total. The number of Topliss-reactive ketones (excluding diaryl/α,β-unsaturated/α-hetero) is 1. The molecule has 6 nitrogen and oxygen atoms in total. The quantitative estimate of drug-likeness (QED) is 0.663. The van der Waals surface area contributed by atoms with Gasteiger partial charge in [0.15, 0.2) is 5.78 Å². The number of nitrogens with one attached hydrogen (secondary N) is 2. The molecule has 27 heavy (non-hydrogen) atoms. The number of amides is 1. The largest absolute Gasteiger partial charge is 0.339 e. The summed E-state index contributed by atoms with van der Waals surface area (Å²) in [7, 11) is 0. The molecular weight excluding hydrogens is 340 g/mol. The fraction of sp³-hybridized carbons (Fsp3) is 0.143. The van der Waals surface area contributed by atoms with E-state index in [1.165, 1.54) is 19.3 Å². The summed E-state index contributed by atoms with van der Waals surface area (Å²) >= 11 is 0. The Balaban J connectivity index is 1.69. The number of carbonyl (C=O) groups is 2. The van der Waals surface area contributed by atoms with E-state index in [2.05, 4.69) is 20.6 Å². The summed E-state index contributed by atoms with van der Waals surface area (Å²) in [5.74, 6) is 0.150. The molecule has 1 aromatic heterocycles. The standard InChI is InChI=1S/C21H20N4O2/c1-13-7-8-18(9-14(13)2)25-21(27)19-11-23-20(12-22-19)24-17-6-4-5-16(10-17)15(3)26/h4-12H,1-3H3,(H,23,24)(H,25,27). The number of nitrogens with zero attached hydrogens (tertiary/aromatic N) is 2. The van der Waals surface area contributed by atoms with Gasteiger partial charge in [-0.1, -0.05) is 18.2 Å². The summed E-state index contributed by atoms with van der Waals surface area (Å²) in [5, 5.41) is 5.89. The second-order valence-electron chi connectivity index (χ2n) is 6.30. The molecule has 6 heteroatoms. The number of benzene rings is 2. The summed E-state index contributed by atoms with van der Waals surface area (Å²) in [5.41, 5.74) is 4.54. The van der Waals surface area contributed by atoms with Crippen LogP contribution in [-0.4, -0.2) is 21.7 Å². The summed E-state index contributed by atoms with van der Waals surface area (Å²) in [4.78, 5) is 32.2. The first-order valence-electron chi connectivity index (χ1n) is 8.51. The van der Waals surface area contributed by atoms with Crippen molar-refractivity contribution in [3.05, 3.63) is 77.2 Å². The van der Waals surface area contributed by atoms with Gasteiger partial charge in [0, 0.05) is 16.9 Å². The number of hydrogen-bond acceptors (Lipinski definition) is 5. The third-order valence-corrected chi connectivity index (χ3v) is 4.19. The van der Waals surface area contributed by atoms with Crippen molar-refractivity contribution < 1.29 is 9.59 Å². The number of rotatable bonds is 5. The fourth-order valence-electron chi connectivity index (χ4n) is 2.49. The molecule has 136 valence electrons. The Kier molecular flexibility index (Phi) is 5.26. The third kappa shape index (κ3) is 4.55. The van der Waals surface area contributed by atoms with Crippen molar-refractivity contribution in [2.24, 2.45) is 0 Å². The Bertz CT molecular complexity index is 997. The molecule has 0 bridgehead atoms. The van der Waals surface area contributed by atoms with Crippen LogP contribution in [0.25, 0.3) is 0 Å². The van der Waals surface area contributed by atoms with Gasteiger partial charge >= 0.3 is 0 Å². The highest BCUT2D eigenvalue weighted by Crippen LogP contribution is 2.17. The van der Waals surface area contributed by atoms with Crippen molar-refractivity contribution in [1.29, 1.82) is 0 Å². The topological polar surface area (TPSA) is 84.0 Å². The van der Waals surface area contributed by atoms with Crippen LogP contribution in [0, 0.1) is 13.8 Å². The van der Waals surface area contributed by atoms with Gasteiger partial charge in [0.2, 0.25) is 0 Å². The predicted molar refractivity (Wildman–Crippen MR) is 106 cm³/mol. The highest BCUT2D eigenvalue weighted by Gasteiger charge is 2.09. The first kappa shape index (κ1) is 18.3. The lowest BCUT2D eigenvalue weighted by atomic mass is 10.1. The van der Waals surface area contributed by atoms with Crippen molar-refractivity contribution in [3.8, 4) is 0 Å². The van der Waals surface area contributed by atoms with E-state index in [4.69, 9.17) is 0 Å². The molecule has 2 aromatic carbocycles. The van der Waals surface area contributed by atoms with E-state index in [1.54, 1.807) is 18.2 Å². The Hall–Kier alpha value is -3.54. The maximum Gasteiger partial charge on any atom is 0.275 e. The average Bonchev–Trinajstić information content (AvgIpc) is 2.65. The molecule has 0 unspecified atom stereocenters. The molecule has 0 spiro atoms. The Morgan fingerprint density at radius 1 is 0.889 bits per heavy atom. The van der Waals surface area contributed by atoms with E-state index in [0.717, 1.165) is 16.8 Å². The number of anilines is 3. The average molecular weight is 360 g/mol. The zero-order valence-electron chi connectivity index (χ0n) is 15.4. The maximum atomic E-state index is 12.3. The van der Waals surface area contributed by atoms with Crippen LogP contribution in [0.5, 0.6) is 0 Å². The van der Waals surface area contributed by atoms with Crippen LogP contribution < -0.4 is 10.6 Å². The zero-order chi connectivity index (χ0) is 19.4. The molecule has 0 fully saturated rings. The Morgan fingerprint density at radius 3 is 2.37 bits per heavy atom. The highest BCUT2D eigenvalue weighted by atomic mass is 16.2. The minimum atomic E-state index is -0.323. The van der Waals surface area contributed by atoms with Gasteiger partial charge in [-0.25, -0.2) is 9.97 Å². The minimum Gasteiger partial charge on any atom is -0.339 e. The molecule has 0 atom stereocenters. The Labute approximate surface area is 157 Å². The van der Waals surface area contributed by atoms with Crippen molar-refractivity contribution in [2.75, 3.05) is 10.6 Å². The van der Waals surface area contributed by atoms with Gasteiger partial charge in [-0.05, 0) is 56.2 Å². The van der Waals surface area contributed by atoms with E-state index >= 15 is 0 Å². The number of aromatic nitrogens is 2. The number of carbonyl (C=O) groups excluding carboxylic acids is 2. The predicted octanol–water partition coefficient (Wildman–Crippen LogP) is 4.29. The summed E-state index contributed by atoms with van der Waals surface area (Å²) in [6.07, 6.45) is 2.89. The summed E-state index contributed by atoms with van der Waals surface area (Å²) < 4.78 is 0. The molecule has 0 aliphatic heterocycles. The molecule has 0 aliphatic carbocycles. The first-order valence-corrected chi connectivity index (χ1v) is 8.51. The van der Waals surface area contributed by atoms with E-state index in [-0.39, 0.29) is 17.4 Å². The van der Waals surface area contributed by atoms with Crippen LogP contribution in [0.4, 0.5) is 17.2 Å². The van der Waals surface area contributed by atoms with Crippen LogP contribution in [0.1, 0.15) is 38.9 Å². The van der Waals surface area contributed by atoms with Gasteiger partial charge in [-0.3, -0.25) is 9.59 Å². The lowest BCUT2D eigenvalue weighted by molar-refractivity contribution is 0.101. The van der Waals surface area contributed by atoms with E-state index in [9.17, 15) is 9.59 Å². The van der Waals surface area contributed by atoms with Crippen molar-refractivity contribution in [1.82, 2.24) is 9.97 Å². The lowest BCUT2D eigenvalue weighted by Gasteiger charge is -2.09. The summed E-state index contributed by atoms with van der Waals surface area (Å²) in [6, 6.07) is 12.8. The number of ketones is 1. The smallest absolute Gasteiger partial charge is 0.275 e. The van der Waals surface area contributed by atoms with Crippen molar-refractivity contribution in [3.63, 3.8) is 0 Å². The van der Waals surface area contributed by atoms with Gasteiger partial charge in [0.25, 0.3) is 5.91 Å². The van der Waals surface area contributed by atoms with Gasteiger partial charge < -0.3 is 10.6 Å². The van der Waals surface area contributed by atoms with Crippen LogP contribution in [0.15, 0.2) is 54.9 Å². The highest BCUT2D eigenvalue weighted by molar-refractivity contribution is 6.02. The molecule has 0 saturated carbocycles. The molecular formula is C21H20N4O2. The fourth-order valence-corrected chi connectivity index (χ4v) is 2.49. The third-order valence-electron chi connectivity index (χ3n) is 4.19. The van der Waals surface area contributed by atoms with Crippen molar-refractivity contribution in [2.45, 2.75) is 20.8 Å². The normalized spacial score (nSPS) is 10.3. The summed E-state index contributed by atoms with van der Waals surface area (Å²) in [6.45, 7) is 5.53. The molecule has 0 aliphatic rings. The number of aryl methyl sites for hydroxylation is 2. The zero-order valence-corrected chi connectivity index (χ0v) is 15.4. The first-order chi connectivity index (χ1) is 12.9. The second-order valence-corrected chi connectivity index (χ2v) is 6.30. The Morgan fingerprint density at radius 2 is 1.70 bits per heavy atom. The van der Waals surface area contributed by atoms with E-state index in [1.807, 2.05) is 38.1 Å². The van der Waals surface area contributed by atoms with Gasteiger partial charge in [0.05, 0.1) is 12.4 Å². The van der Waals surface area contributed by atoms with Crippen LogP contribution in [0.3, 0.4) is 0 Å². The van der Waals surface area contributed by atoms with Crippen molar-refractivity contribution >= 4 is 28.9 Å². The van der Waals surface area contributed by atoms with E-state index < -0.39 is 0 Å². The van der Waals surface area contributed by atoms with Crippen LogP contribution >= 0.6 is 0 Å². The maximum absolute atomic E-state index is 12.3. The van der Waals surface area contributed by atoms with Gasteiger partial charge in [0.1, 0.15) is 11.5 Å². The minimum absolute atomic E-state index is 0.0110. The molecule has 3 rings (SSSR count). The van der Waals surface area contributed by atoms with Gasteiger partial charge in [-0.15, -0.1) is 0 Å². The SMILES string of the molecule is CC(=O)c1cccc(Nc2cnc(C(=O)Nc3ccc(C)c(C)c3)cn2)c1. The van der Waals surface area contributed by atoms with Crippen LogP contribution in [0.2, 0.25) is 0 Å². The molecule has 0 saturated heterocycles. The second kappa shape index (κ2) is 7.78. The molecule has 3 aromatic rings. The van der Waals surface area contributed by atoms with Gasteiger partial charge in [-0.2, -0.15) is 0 Å². The monoisotopic (exact) mass is 360 g/mol. The van der Waals surface area contributed by atoms with E-state index in [0.29, 0.717) is 17.1 Å². The molecule has 1 heterocycles. The lowest BCUT2D eigenvalue weighted by Crippen LogP contribution is -2.14. The molecule has 1 amide bonds. The number of hydrogen-bond donors (Lipinski definition) is 2.